The van der Waals surface area contributed by atoms with Gasteiger partial charge in [0.15, 0.2) is 12.6 Å². The van der Waals surface area contributed by atoms with Crippen LogP contribution in [-0.2, 0) is 50.0 Å². The third kappa shape index (κ3) is 13.4. The van der Waals surface area contributed by atoms with E-state index >= 15 is 0 Å². The maximum absolute atomic E-state index is 14.6. The zero-order valence-electron chi connectivity index (χ0n) is 43.1. The Hall–Kier alpha value is -2.12. The van der Waals surface area contributed by atoms with Crippen LogP contribution >= 0.6 is 0 Å². The molecule has 0 saturated carbocycles. The number of methoxy groups -OCH3 is 2. The van der Waals surface area contributed by atoms with Gasteiger partial charge in [-0.2, -0.15) is 12.7 Å². The number of cyclic esters (lactones) is 1. The molecule has 8 N–H and O–H groups in total. The molecule has 1 aromatic rings. The molecule has 0 unspecified atom stereocenters. The van der Waals surface area contributed by atoms with Gasteiger partial charge in [-0.3, -0.25) is 4.79 Å². The van der Waals surface area contributed by atoms with Crippen LogP contribution in [0.5, 0.6) is 5.75 Å². The van der Waals surface area contributed by atoms with E-state index in [-0.39, 0.29) is 44.7 Å². The van der Waals surface area contributed by atoms with Crippen LogP contribution in [0.1, 0.15) is 120 Å². The lowest BCUT2D eigenvalue weighted by molar-refractivity contribution is -0.339. The molecule has 0 radical (unpaired) electrons. The predicted molar refractivity (Wildman–Crippen MR) is 257 cm³/mol. The molecule has 4 aliphatic heterocycles. The summed E-state index contributed by atoms with van der Waals surface area (Å²) in [5.41, 5.74) is -5.75. The Morgan fingerprint density at radius 3 is 2.14 bits per heavy atom. The minimum absolute atomic E-state index is 0.0331. The summed E-state index contributed by atoms with van der Waals surface area (Å²) in [5.74, 6) is -2.62. The number of aliphatic hydroxyl groups is 5. The number of nitrogens with two attached hydrogens (primary N) is 1. The maximum Gasteiger partial charge on any atom is 0.311 e. The van der Waals surface area contributed by atoms with E-state index < -0.39 is 118 Å². The number of carbonyl (C=O) groups excluding carboxylic acids is 1. The standard InChI is InChI=1S/C49H86N4O15S/c1-13-38-48(10,58)42(55)33(6)51-26-29(2)24-46(8,57)43(68-45-40(54)37(23-30(3)64-45)53(69(50,60)61)27-35-17-19-36(62-11)20-18-35)31(4)41(32(5)44(56)66-38)67-39-25-47(9,63-12)49(59,34(7)65-39)28-52-21-15-14-16-22-52/h17-20,29-34,37-43,45,51,54-55,57-59H,13-16,21-28H2,1-12H3,(H2,50,60,61)/t29-,30+,31+,32-,33-,34+,37-,38-,39+,40+,41+,42-,43-,45-,46-,47-,48-,49+/m1/s1. The van der Waals surface area contributed by atoms with E-state index in [4.69, 9.17) is 38.3 Å². The zero-order chi connectivity index (χ0) is 51.4. The molecule has 4 aliphatic rings. The average molecular weight is 1000 g/mol. The van der Waals surface area contributed by atoms with Gasteiger partial charge in [0.25, 0.3) is 10.2 Å². The van der Waals surface area contributed by atoms with Gasteiger partial charge >= 0.3 is 5.97 Å². The topological polar surface area (TPSA) is 262 Å². The number of hydrogen-bond acceptors (Lipinski definition) is 17. The van der Waals surface area contributed by atoms with E-state index in [1.807, 2.05) is 13.8 Å². The highest BCUT2D eigenvalue weighted by molar-refractivity contribution is 7.86. The molecule has 4 fully saturated rings. The van der Waals surface area contributed by atoms with Crippen LogP contribution in [0.3, 0.4) is 0 Å². The number of esters is 1. The monoisotopic (exact) mass is 1000 g/mol. The third-order valence-corrected chi connectivity index (χ3v) is 16.7. The second-order valence-electron chi connectivity index (χ2n) is 21.3. The summed E-state index contributed by atoms with van der Waals surface area (Å²) in [4.78, 5) is 16.8. The number of ether oxygens (including phenoxy) is 7. The number of rotatable bonds is 13. The lowest BCUT2D eigenvalue weighted by Crippen LogP contribution is -2.70. The molecule has 398 valence electrons. The molecule has 4 saturated heterocycles. The van der Waals surface area contributed by atoms with Gasteiger partial charge in [0.2, 0.25) is 0 Å². The van der Waals surface area contributed by atoms with E-state index in [9.17, 15) is 38.7 Å². The van der Waals surface area contributed by atoms with Crippen LogP contribution in [0.2, 0.25) is 0 Å². The zero-order valence-corrected chi connectivity index (χ0v) is 43.9. The molecular formula is C49H86N4O15S. The van der Waals surface area contributed by atoms with Gasteiger partial charge in [-0.1, -0.05) is 39.3 Å². The molecule has 5 rings (SSSR count). The van der Waals surface area contributed by atoms with E-state index in [1.165, 1.54) is 21.1 Å². The molecule has 0 spiro atoms. The number of benzene rings is 1. The van der Waals surface area contributed by atoms with Crippen molar-refractivity contribution >= 4 is 16.2 Å². The van der Waals surface area contributed by atoms with Crippen LogP contribution < -0.4 is 15.2 Å². The van der Waals surface area contributed by atoms with Gasteiger partial charge < -0.3 is 68.9 Å². The second kappa shape index (κ2) is 23.4. The van der Waals surface area contributed by atoms with E-state index in [1.54, 1.807) is 72.7 Å². The van der Waals surface area contributed by atoms with Gasteiger partial charge in [0.1, 0.15) is 40.9 Å². The summed E-state index contributed by atoms with van der Waals surface area (Å²) >= 11 is 0. The second-order valence-corrected chi connectivity index (χ2v) is 22.8. The minimum Gasteiger partial charge on any atom is -0.497 e. The van der Waals surface area contributed by atoms with Gasteiger partial charge in [-0.15, -0.1) is 0 Å². The number of likely N-dealkylation sites (tertiary alicyclic amines) is 1. The number of aliphatic hydroxyl groups excluding tert-OH is 2. The highest BCUT2D eigenvalue weighted by atomic mass is 32.2. The average Bonchev–Trinajstić information content (AvgIpc) is 3.29. The number of piperidine rings is 1. The molecular weight excluding hydrogens is 917 g/mol. The quantitative estimate of drug-likeness (QED) is 0.140. The number of hydrogen-bond donors (Lipinski definition) is 7. The SMILES string of the molecule is CC[C@H]1OC(=O)[C@H](C)[C@@H](O[C@H]2C[C@@](C)(OC)[C@](O)(CN3CCCCC3)[C@H](C)O2)[C@H](C)[C@@H](O[C@H]2O[C@@H](C)C[C@@H](N(Cc3ccc(OC)cc3)S(N)(=O)=O)[C@@H]2O)[C@](C)(O)C[C@@H](C)CN[C@H](C)[C@@H](O)[C@]1(C)O. The molecule has 4 heterocycles. The molecule has 20 heteroatoms. The van der Waals surface area contributed by atoms with Crippen LogP contribution in [0.4, 0.5) is 0 Å². The first-order valence-corrected chi connectivity index (χ1v) is 26.4. The number of nitrogens with one attached hydrogen (secondary N) is 1. The van der Waals surface area contributed by atoms with Crippen molar-refractivity contribution < 1.29 is 71.9 Å². The lowest BCUT2D eigenvalue weighted by atomic mass is 9.74. The van der Waals surface area contributed by atoms with Crippen molar-refractivity contribution in [2.24, 2.45) is 22.9 Å². The molecule has 19 nitrogen and oxygen atoms in total. The molecule has 0 amide bonds. The largest absolute Gasteiger partial charge is 0.497 e. The van der Waals surface area contributed by atoms with Crippen LogP contribution in [0, 0.1) is 17.8 Å². The van der Waals surface area contributed by atoms with E-state index in [0.717, 1.165) is 36.7 Å². The fraction of sp³-hybridized carbons (Fsp3) is 0.857. The highest BCUT2D eigenvalue weighted by Crippen LogP contribution is 2.44. The third-order valence-electron chi connectivity index (χ3n) is 15.6. The Kier molecular flexibility index (Phi) is 19.6. The lowest BCUT2D eigenvalue weighted by Gasteiger charge is -2.55. The Balaban J connectivity index is 1.57. The minimum atomic E-state index is -4.44. The van der Waals surface area contributed by atoms with Crippen LogP contribution in [-0.4, -0.2) is 179 Å². The highest BCUT2D eigenvalue weighted by Gasteiger charge is 2.59. The van der Waals surface area contributed by atoms with Crippen LogP contribution in [0.25, 0.3) is 0 Å². The number of nitrogens with zero attached hydrogens (tertiary/aromatic N) is 2. The predicted octanol–water partition coefficient (Wildman–Crippen LogP) is 2.57. The summed E-state index contributed by atoms with van der Waals surface area (Å²) in [6, 6.07) is 4.96. The normalized spacial score (nSPS) is 42.9. The van der Waals surface area contributed by atoms with Gasteiger partial charge in [-0.25, -0.2) is 5.14 Å². The van der Waals surface area contributed by atoms with Crippen molar-refractivity contribution in [1.82, 2.24) is 14.5 Å². The first-order valence-electron chi connectivity index (χ1n) is 24.9. The smallest absolute Gasteiger partial charge is 0.311 e. The maximum atomic E-state index is 14.6. The molecule has 0 aliphatic carbocycles. The van der Waals surface area contributed by atoms with Gasteiger partial charge in [0.05, 0.1) is 49.1 Å². The van der Waals surface area contributed by atoms with E-state index in [2.05, 4.69) is 10.2 Å². The van der Waals surface area contributed by atoms with Gasteiger partial charge in [0, 0.05) is 38.6 Å². The summed E-state index contributed by atoms with van der Waals surface area (Å²) in [7, 11) is -1.39. The van der Waals surface area contributed by atoms with Crippen molar-refractivity contribution in [3.05, 3.63) is 29.8 Å². The molecule has 0 aromatic heterocycles. The Labute approximate surface area is 410 Å². The molecule has 1 aromatic carbocycles. The van der Waals surface area contributed by atoms with Crippen molar-refractivity contribution in [3.63, 3.8) is 0 Å². The van der Waals surface area contributed by atoms with Crippen molar-refractivity contribution in [3.8, 4) is 5.75 Å². The fourth-order valence-corrected chi connectivity index (χ4v) is 12.2. The van der Waals surface area contributed by atoms with Crippen molar-refractivity contribution in [2.75, 3.05) is 40.4 Å². The Bertz CT molecular complexity index is 1910. The van der Waals surface area contributed by atoms with Crippen molar-refractivity contribution in [2.45, 2.75) is 211 Å². The summed E-state index contributed by atoms with van der Waals surface area (Å²) in [5, 5.41) is 70.0. The molecule has 18 atom stereocenters. The molecule has 69 heavy (non-hydrogen) atoms. The van der Waals surface area contributed by atoms with Crippen molar-refractivity contribution in [1.29, 1.82) is 0 Å². The number of β-amino-alcohol motifs (C(OH)–C–C–N with tert-alkyl or cyclic N) is 1. The summed E-state index contributed by atoms with van der Waals surface area (Å²) < 4.78 is 71.9. The summed E-state index contributed by atoms with van der Waals surface area (Å²) in [6.45, 7) is 19.0. The summed E-state index contributed by atoms with van der Waals surface area (Å²) in [6.07, 6.45) is -7.32. The van der Waals surface area contributed by atoms with Crippen LogP contribution in [0.15, 0.2) is 24.3 Å². The van der Waals surface area contributed by atoms with Gasteiger partial charge in [-0.05, 0) is 124 Å². The first-order chi connectivity index (χ1) is 32.1. The van der Waals surface area contributed by atoms with E-state index in [0.29, 0.717) is 17.9 Å². The fourth-order valence-electron chi connectivity index (χ4n) is 11.3. The Morgan fingerprint density at radius 2 is 1.57 bits per heavy atom. The molecule has 0 bridgehead atoms. The Morgan fingerprint density at radius 1 is 0.928 bits per heavy atom. The first kappa shape index (κ1) is 57.8. The number of carbonyl (C=O) groups is 1.